The lowest BCUT2D eigenvalue weighted by molar-refractivity contribution is -0.131. The Kier molecular flexibility index (Phi) is 7.67. The first kappa shape index (κ1) is 26.1. The number of carboxylic acid groups (broad SMARTS) is 1. The van der Waals surface area contributed by atoms with Crippen LogP contribution in [0.1, 0.15) is 5.56 Å². The molecule has 0 spiro atoms. The number of thioether (sulfide) groups is 1. The molecule has 5 rings (SSSR count). The zero-order chi connectivity index (χ0) is 27.4. The highest BCUT2D eigenvalue weighted by Gasteiger charge is 2.19. The van der Waals surface area contributed by atoms with Crippen LogP contribution in [0, 0.1) is 0 Å². The van der Waals surface area contributed by atoms with E-state index in [2.05, 4.69) is 15.5 Å². The predicted octanol–water partition coefficient (Wildman–Crippen LogP) is 6.21. The maximum Gasteiger partial charge on any atom is 0.342 e. The summed E-state index contributed by atoms with van der Waals surface area (Å²) in [6.45, 7) is 0.0489. The van der Waals surface area contributed by atoms with Crippen molar-refractivity contribution in [3.8, 4) is 17.2 Å². The molecule has 0 radical (unpaired) electrons. The summed E-state index contributed by atoms with van der Waals surface area (Å²) in [4.78, 5) is 24.8. The van der Waals surface area contributed by atoms with Crippen molar-refractivity contribution in [1.82, 2.24) is 14.8 Å². The second-order valence-corrected chi connectivity index (χ2v) is 9.71. The van der Waals surface area contributed by atoms with Crippen LogP contribution >= 0.6 is 23.4 Å². The number of fused-ring (bicyclic) bond motifs is 1. The Balaban J connectivity index is 1.42. The third-order valence-electron chi connectivity index (χ3n) is 5.68. The molecule has 11 heteroatoms. The third kappa shape index (κ3) is 5.97. The van der Waals surface area contributed by atoms with E-state index in [0.717, 1.165) is 22.7 Å². The van der Waals surface area contributed by atoms with Crippen LogP contribution in [0.2, 0.25) is 5.02 Å². The largest absolute Gasteiger partial charge is 0.496 e. The molecule has 0 saturated carbocycles. The van der Waals surface area contributed by atoms with Crippen molar-refractivity contribution in [2.24, 2.45) is 0 Å². The van der Waals surface area contributed by atoms with Gasteiger partial charge in [-0.3, -0.25) is 4.79 Å². The second-order valence-electron chi connectivity index (χ2n) is 8.28. The van der Waals surface area contributed by atoms with Gasteiger partial charge in [0.1, 0.15) is 17.2 Å². The fourth-order valence-electron chi connectivity index (χ4n) is 3.98. The highest BCUT2D eigenvalue weighted by molar-refractivity contribution is 8.03. The minimum atomic E-state index is -1.17. The summed E-state index contributed by atoms with van der Waals surface area (Å²) in [5, 5.41) is 22.1. The lowest BCUT2D eigenvalue weighted by Crippen LogP contribution is -2.18. The number of nitrogens with zero attached hydrogens (tertiary/aromatic N) is 3. The number of nitrogens with one attached hydrogen (secondary N) is 1. The number of benzene rings is 3. The van der Waals surface area contributed by atoms with Gasteiger partial charge in [0.05, 0.1) is 12.7 Å². The van der Waals surface area contributed by atoms with Crippen LogP contribution in [0.5, 0.6) is 5.75 Å². The summed E-state index contributed by atoms with van der Waals surface area (Å²) < 4.78 is 12.8. The van der Waals surface area contributed by atoms with Crippen LogP contribution in [0.3, 0.4) is 0 Å². The second kappa shape index (κ2) is 11.5. The Morgan fingerprint density at radius 2 is 1.87 bits per heavy atom. The van der Waals surface area contributed by atoms with E-state index in [0.29, 0.717) is 27.6 Å². The van der Waals surface area contributed by atoms with Crippen molar-refractivity contribution in [3.05, 3.63) is 94.5 Å². The minimum Gasteiger partial charge on any atom is -0.496 e. The Bertz CT molecular complexity index is 1700. The third-order valence-corrected chi connectivity index (χ3v) is 6.77. The van der Waals surface area contributed by atoms with Crippen molar-refractivity contribution >= 4 is 57.9 Å². The molecular weight excluding hydrogens is 540 g/mol. The summed E-state index contributed by atoms with van der Waals surface area (Å²) in [7, 11) is 1.51. The van der Waals surface area contributed by atoms with E-state index < -0.39 is 5.97 Å². The average molecular weight is 561 g/mol. The normalized spacial score (nSPS) is 11.5. The van der Waals surface area contributed by atoms with Gasteiger partial charge in [-0.15, -0.1) is 10.2 Å². The number of hydrogen-bond donors (Lipinski definition) is 2. The minimum absolute atomic E-state index is 0.0339. The van der Waals surface area contributed by atoms with Crippen LogP contribution < -0.4 is 10.1 Å². The quantitative estimate of drug-likeness (QED) is 0.161. The van der Waals surface area contributed by atoms with E-state index in [1.165, 1.54) is 13.2 Å². The standard InChI is InChI=1S/C28H21ClN4O5S/c1-37-23-12-11-18(29)14-21(23)26-31-32-28(38-26)39-24(27(35)36)13-17-15-33(22-10-6-5-9-20(17)22)16-25(34)30-19-7-3-2-4-8-19/h2-15H,16H2,1H3,(H,30,34)(H,35,36)/b24-13-. The number of anilines is 1. The molecule has 0 aliphatic carbocycles. The molecule has 196 valence electrons. The van der Waals surface area contributed by atoms with Gasteiger partial charge in [0.2, 0.25) is 5.91 Å². The van der Waals surface area contributed by atoms with Gasteiger partial charge < -0.3 is 24.1 Å². The Hall–Kier alpha value is -4.54. The molecule has 2 aromatic heterocycles. The van der Waals surface area contributed by atoms with E-state index in [1.807, 2.05) is 54.6 Å². The van der Waals surface area contributed by atoms with Gasteiger partial charge in [0.25, 0.3) is 11.1 Å². The zero-order valence-corrected chi connectivity index (χ0v) is 22.1. The SMILES string of the molecule is COc1ccc(Cl)cc1-c1nnc(S/C(=C\c2cn(CC(=O)Nc3ccccc3)c3ccccc23)C(=O)O)o1. The molecule has 0 aliphatic rings. The van der Waals surface area contributed by atoms with E-state index in [1.54, 1.807) is 29.0 Å². The summed E-state index contributed by atoms with van der Waals surface area (Å²) in [6, 6.07) is 21.6. The van der Waals surface area contributed by atoms with E-state index >= 15 is 0 Å². The predicted molar refractivity (Wildman–Crippen MR) is 150 cm³/mol. The van der Waals surface area contributed by atoms with Crippen molar-refractivity contribution in [3.63, 3.8) is 0 Å². The first-order valence-electron chi connectivity index (χ1n) is 11.6. The lowest BCUT2D eigenvalue weighted by atomic mass is 10.1. The molecule has 2 heterocycles. The first-order valence-corrected chi connectivity index (χ1v) is 12.8. The van der Waals surface area contributed by atoms with Gasteiger partial charge in [-0.05, 0) is 54.2 Å². The summed E-state index contributed by atoms with van der Waals surface area (Å²) in [5.41, 5.74) is 2.59. The number of aliphatic carboxylic acids is 1. The maximum absolute atomic E-state index is 12.7. The number of carbonyl (C=O) groups excluding carboxylic acids is 1. The molecule has 0 fully saturated rings. The van der Waals surface area contributed by atoms with Gasteiger partial charge >= 0.3 is 5.97 Å². The summed E-state index contributed by atoms with van der Waals surface area (Å²) in [6.07, 6.45) is 3.26. The molecule has 0 aliphatic heterocycles. The number of carbonyl (C=O) groups is 2. The number of methoxy groups -OCH3 is 1. The molecule has 39 heavy (non-hydrogen) atoms. The van der Waals surface area contributed by atoms with E-state index in [4.69, 9.17) is 20.8 Å². The fourth-order valence-corrected chi connectivity index (χ4v) is 4.81. The molecule has 3 aromatic carbocycles. The number of rotatable bonds is 9. The van der Waals surface area contributed by atoms with E-state index in [9.17, 15) is 14.7 Å². The van der Waals surface area contributed by atoms with Crippen molar-refractivity contribution in [2.45, 2.75) is 11.8 Å². The number of ether oxygens (including phenoxy) is 1. The number of para-hydroxylation sites is 2. The molecule has 1 amide bonds. The van der Waals surface area contributed by atoms with Crippen LogP contribution in [0.25, 0.3) is 28.4 Å². The number of hydrogen-bond acceptors (Lipinski definition) is 7. The number of amides is 1. The first-order chi connectivity index (χ1) is 18.9. The van der Waals surface area contributed by atoms with Gasteiger partial charge in [-0.1, -0.05) is 48.0 Å². The Labute approximate surface area is 232 Å². The zero-order valence-electron chi connectivity index (χ0n) is 20.5. The van der Waals surface area contributed by atoms with Crippen molar-refractivity contribution in [1.29, 1.82) is 0 Å². The van der Waals surface area contributed by atoms with Crippen LogP contribution in [-0.4, -0.2) is 38.9 Å². The lowest BCUT2D eigenvalue weighted by Gasteiger charge is -2.07. The molecule has 0 atom stereocenters. The molecule has 0 bridgehead atoms. The highest BCUT2D eigenvalue weighted by atomic mass is 35.5. The molecule has 0 unspecified atom stereocenters. The number of aromatic nitrogens is 3. The number of carboxylic acids is 1. The summed E-state index contributed by atoms with van der Waals surface area (Å²) >= 11 is 6.92. The highest BCUT2D eigenvalue weighted by Crippen LogP contribution is 2.35. The van der Waals surface area contributed by atoms with Gasteiger partial charge in [-0.25, -0.2) is 4.79 Å². The molecule has 0 saturated heterocycles. The van der Waals surface area contributed by atoms with Crippen molar-refractivity contribution in [2.75, 3.05) is 12.4 Å². The van der Waals surface area contributed by atoms with Crippen LogP contribution in [0.15, 0.2) is 93.5 Å². The number of halogens is 1. The Morgan fingerprint density at radius 1 is 1.10 bits per heavy atom. The van der Waals surface area contributed by atoms with Crippen LogP contribution in [0.4, 0.5) is 5.69 Å². The average Bonchev–Trinajstić information content (AvgIpc) is 3.54. The smallest absolute Gasteiger partial charge is 0.342 e. The summed E-state index contributed by atoms with van der Waals surface area (Å²) in [5.74, 6) is -0.751. The molecule has 2 N–H and O–H groups in total. The molecule has 5 aromatic rings. The fraction of sp³-hybridized carbons (Fsp3) is 0.0714. The topological polar surface area (TPSA) is 119 Å². The van der Waals surface area contributed by atoms with E-state index in [-0.39, 0.29) is 28.5 Å². The molecule has 9 nitrogen and oxygen atoms in total. The van der Waals surface area contributed by atoms with Gasteiger partial charge in [-0.2, -0.15) is 0 Å². The monoisotopic (exact) mass is 560 g/mol. The van der Waals surface area contributed by atoms with Gasteiger partial charge in [0, 0.05) is 33.4 Å². The molecular formula is C28H21ClN4O5S. The van der Waals surface area contributed by atoms with Crippen molar-refractivity contribution < 1.29 is 23.8 Å². The van der Waals surface area contributed by atoms with Gasteiger partial charge in [0.15, 0.2) is 0 Å². The van der Waals surface area contributed by atoms with Crippen LogP contribution in [-0.2, 0) is 16.1 Å². The maximum atomic E-state index is 12.7. The Morgan fingerprint density at radius 3 is 2.64 bits per heavy atom.